The van der Waals surface area contributed by atoms with Gasteiger partial charge >= 0.3 is 0 Å². The van der Waals surface area contributed by atoms with E-state index < -0.39 is 0 Å². The second kappa shape index (κ2) is 6.60. The first-order valence-corrected chi connectivity index (χ1v) is 6.39. The van der Waals surface area contributed by atoms with E-state index in [9.17, 15) is 0 Å². The van der Waals surface area contributed by atoms with Gasteiger partial charge < -0.3 is 10.2 Å². The molecule has 0 aliphatic rings. The zero-order chi connectivity index (χ0) is 12.8. The summed E-state index contributed by atoms with van der Waals surface area (Å²) in [6, 6.07) is 4.61. The van der Waals surface area contributed by atoms with Crippen LogP contribution in [0, 0.1) is 5.92 Å². The molecule has 3 nitrogen and oxygen atoms in total. The largest absolute Gasteiger partial charge is 0.360 e. The van der Waals surface area contributed by atoms with Crippen LogP contribution >= 0.6 is 0 Å². The Labute approximate surface area is 105 Å². The Hall–Kier alpha value is -1.09. The molecule has 1 aromatic rings. The van der Waals surface area contributed by atoms with Crippen molar-refractivity contribution in [1.82, 2.24) is 10.3 Å². The van der Waals surface area contributed by atoms with Gasteiger partial charge in [0.1, 0.15) is 5.82 Å². The third kappa shape index (κ3) is 4.35. The molecule has 0 saturated carbocycles. The Balaban J connectivity index is 2.60. The summed E-state index contributed by atoms with van der Waals surface area (Å²) in [7, 11) is 4.07. The zero-order valence-corrected chi connectivity index (χ0v) is 11.7. The van der Waals surface area contributed by atoms with E-state index in [4.69, 9.17) is 0 Å². The van der Waals surface area contributed by atoms with E-state index in [-0.39, 0.29) is 0 Å². The molecule has 1 aromatic heterocycles. The molecule has 96 valence electrons. The van der Waals surface area contributed by atoms with E-state index in [0.717, 1.165) is 18.3 Å². The van der Waals surface area contributed by atoms with Crippen LogP contribution in [0.4, 0.5) is 5.82 Å². The van der Waals surface area contributed by atoms with E-state index >= 15 is 0 Å². The van der Waals surface area contributed by atoms with E-state index in [1.165, 1.54) is 12.0 Å². The van der Waals surface area contributed by atoms with E-state index in [0.29, 0.717) is 6.04 Å². The van der Waals surface area contributed by atoms with Gasteiger partial charge in [-0.2, -0.15) is 0 Å². The summed E-state index contributed by atoms with van der Waals surface area (Å²) in [5.74, 6) is 1.79. The highest BCUT2D eigenvalue weighted by molar-refractivity contribution is 5.38. The van der Waals surface area contributed by atoms with Crippen LogP contribution in [0.2, 0.25) is 0 Å². The molecule has 0 spiro atoms. The summed E-state index contributed by atoms with van der Waals surface area (Å²) in [5.41, 5.74) is 1.23. The Morgan fingerprint density at radius 2 is 2.00 bits per heavy atom. The van der Waals surface area contributed by atoms with E-state index in [1.807, 2.05) is 13.2 Å². The second-order valence-electron chi connectivity index (χ2n) is 5.06. The number of nitrogens with zero attached hydrogens (tertiary/aromatic N) is 2. The first-order chi connectivity index (χ1) is 8.04. The maximum absolute atomic E-state index is 4.51. The highest BCUT2D eigenvalue weighted by Crippen LogP contribution is 2.15. The van der Waals surface area contributed by atoms with Crippen molar-refractivity contribution in [2.24, 2.45) is 5.92 Å². The number of anilines is 1. The van der Waals surface area contributed by atoms with E-state index in [1.54, 1.807) is 0 Å². The fourth-order valence-electron chi connectivity index (χ4n) is 1.61. The lowest BCUT2D eigenvalue weighted by Gasteiger charge is -2.20. The average Bonchev–Trinajstić information content (AvgIpc) is 2.35. The van der Waals surface area contributed by atoms with Crippen molar-refractivity contribution in [3.8, 4) is 0 Å². The molecule has 1 unspecified atom stereocenters. The Kier molecular flexibility index (Phi) is 5.42. The molecule has 0 saturated heterocycles. The van der Waals surface area contributed by atoms with Crippen molar-refractivity contribution in [2.45, 2.75) is 33.2 Å². The average molecular weight is 235 g/mol. The Morgan fingerprint density at radius 1 is 1.29 bits per heavy atom. The fourth-order valence-corrected chi connectivity index (χ4v) is 1.61. The van der Waals surface area contributed by atoms with Crippen LogP contribution < -0.4 is 10.2 Å². The van der Waals surface area contributed by atoms with Gasteiger partial charge in [0, 0.05) is 25.8 Å². The van der Waals surface area contributed by atoms with E-state index in [2.05, 4.69) is 55.2 Å². The highest BCUT2D eigenvalue weighted by atomic mass is 15.2. The van der Waals surface area contributed by atoms with Crippen LogP contribution in [0.25, 0.3) is 0 Å². The molecule has 0 aliphatic carbocycles. The maximum Gasteiger partial charge on any atom is 0.128 e. The van der Waals surface area contributed by atoms with Crippen LogP contribution in [-0.4, -0.2) is 25.6 Å². The molecule has 0 bridgehead atoms. The van der Waals surface area contributed by atoms with Crippen LogP contribution in [0.1, 0.15) is 38.8 Å². The number of pyridine rings is 1. The second-order valence-corrected chi connectivity index (χ2v) is 5.06. The summed E-state index contributed by atoms with van der Waals surface area (Å²) in [6.07, 6.45) is 3.16. The summed E-state index contributed by atoms with van der Waals surface area (Å²) >= 11 is 0. The van der Waals surface area contributed by atoms with Gasteiger partial charge in [0.25, 0.3) is 0 Å². The standard InChI is InChI=1S/C14H25N3/c1-11(2)8-9-17(5)14-7-6-13(10-16-14)12(3)15-4/h6-7,10-12,15H,8-9H2,1-5H3. The normalized spacial score (nSPS) is 12.8. The molecule has 0 fully saturated rings. The minimum absolute atomic E-state index is 0.359. The van der Waals surface area contributed by atoms with Crippen molar-refractivity contribution >= 4 is 5.82 Å². The third-order valence-corrected chi connectivity index (χ3v) is 3.14. The number of nitrogens with one attached hydrogen (secondary N) is 1. The van der Waals surface area contributed by atoms with Gasteiger partial charge in [-0.3, -0.25) is 0 Å². The summed E-state index contributed by atoms with van der Waals surface area (Å²) in [6.45, 7) is 7.70. The molecule has 0 aliphatic heterocycles. The van der Waals surface area contributed by atoms with Gasteiger partial charge in [0.15, 0.2) is 0 Å². The summed E-state index contributed by atoms with van der Waals surface area (Å²) < 4.78 is 0. The first kappa shape index (κ1) is 14.0. The molecule has 0 aromatic carbocycles. The van der Waals surface area contributed by atoms with Crippen molar-refractivity contribution in [3.05, 3.63) is 23.9 Å². The predicted octanol–water partition coefficient (Wildman–Crippen LogP) is 2.84. The number of hydrogen-bond acceptors (Lipinski definition) is 3. The molecule has 0 radical (unpaired) electrons. The minimum Gasteiger partial charge on any atom is -0.360 e. The SMILES string of the molecule is CNC(C)c1ccc(N(C)CCC(C)C)nc1. The molecule has 1 heterocycles. The smallest absolute Gasteiger partial charge is 0.128 e. The lowest BCUT2D eigenvalue weighted by Crippen LogP contribution is -2.21. The summed E-state index contributed by atoms with van der Waals surface area (Å²) in [4.78, 5) is 6.73. The van der Waals surface area contributed by atoms with Gasteiger partial charge in [-0.15, -0.1) is 0 Å². The molecule has 1 atom stereocenters. The predicted molar refractivity (Wildman–Crippen MR) is 74.4 cm³/mol. The Bertz CT molecular complexity index is 319. The van der Waals surface area contributed by atoms with Crippen molar-refractivity contribution in [3.63, 3.8) is 0 Å². The van der Waals surface area contributed by atoms with Crippen molar-refractivity contribution in [1.29, 1.82) is 0 Å². The molecular weight excluding hydrogens is 210 g/mol. The first-order valence-electron chi connectivity index (χ1n) is 6.39. The number of aromatic nitrogens is 1. The lowest BCUT2D eigenvalue weighted by atomic mass is 10.1. The minimum atomic E-state index is 0.359. The van der Waals surface area contributed by atoms with Crippen LogP contribution in [0.5, 0.6) is 0 Å². The van der Waals surface area contributed by atoms with Crippen molar-refractivity contribution < 1.29 is 0 Å². The van der Waals surface area contributed by atoms with Crippen molar-refractivity contribution in [2.75, 3.05) is 25.5 Å². The fraction of sp³-hybridized carbons (Fsp3) is 0.643. The zero-order valence-electron chi connectivity index (χ0n) is 11.7. The molecule has 1 N–H and O–H groups in total. The van der Waals surface area contributed by atoms with Gasteiger partial charge in [-0.1, -0.05) is 19.9 Å². The molecule has 3 heteroatoms. The van der Waals surface area contributed by atoms with Gasteiger partial charge in [0.05, 0.1) is 0 Å². The number of rotatable bonds is 6. The van der Waals surface area contributed by atoms with Gasteiger partial charge in [-0.05, 0) is 37.9 Å². The Morgan fingerprint density at radius 3 is 2.47 bits per heavy atom. The molecule has 0 amide bonds. The lowest BCUT2D eigenvalue weighted by molar-refractivity contribution is 0.583. The van der Waals surface area contributed by atoms with Crippen LogP contribution in [-0.2, 0) is 0 Å². The molecule has 17 heavy (non-hydrogen) atoms. The van der Waals surface area contributed by atoms with Gasteiger partial charge in [-0.25, -0.2) is 4.98 Å². The third-order valence-electron chi connectivity index (χ3n) is 3.14. The van der Waals surface area contributed by atoms with Crippen LogP contribution in [0.15, 0.2) is 18.3 Å². The van der Waals surface area contributed by atoms with Crippen LogP contribution in [0.3, 0.4) is 0 Å². The molecule has 1 rings (SSSR count). The molecular formula is C14H25N3. The number of hydrogen-bond donors (Lipinski definition) is 1. The highest BCUT2D eigenvalue weighted by Gasteiger charge is 2.06. The quantitative estimate of drug-likeness (QED) is 0.822. The topological polar surface area (TPSA) is 28.2 Å². The maximum atomic E-state index is 4.51. The monoisotopic (exact) mass is 235 g/mol. The summed E-state index contributed by atoms with van der Waals surface area (Å²) in [5, 5.41) is 3.22. The van der Waals surface area contributed by atoms with Gasteiger partial charge in [0.2, 0.25) is 0 Å².